The highest BCUT2D eigenvalue weighted by Crippen LogP contribution is 2.49. The molecule has 15 heterocycles. The third-order valence-corrected chi connectivity index (χ3v) is 21.0. The zero-order chi connectivity index (χ0) is 189. The first-order valence-electron chi connectivity index (χ1n) is 95.1. The fraction of sp³-hybridized carbons (Fsp3) is 0.436. The van der Waals surface area contributed by atoms with Crippen molar-refractivity contribution in [2.24, 2.45) is 0 Å². The van der Waals surface area contributed by atoms with Gasteiger partial charge in [0.1, 0.15) is 45.6 Å². The predicted molar refractivity (Wildman–Crippen MR) is 537 cm³/mol. The Balaban J connectivity index is -0.0000000359. The number of nitrogens with zero attached hydrogens (tertiary/aromatic N) is 17. The van der Waals surface area contributed by atoms with Crippen LogP contribution in [0.1, 0.15) is 335 Å². The molecule has 6 fully saturated rings. The minimum atomic E-state index is -0.522. The number of aromatic nitrogens is 15. The van der Waals surface area contributed by atoms with Gasteiger partial charge in [-0.15, -0.1) is 0 Å². The molecular formula is C78H208Cl2N20O4. The molecule has 12 aromatic heterocycles. The number of hydrogen-bond acceptors (Lipinski definition) is 19. The number of nitrogens with one attached hydrogen (secondary N) is 3. The molecule has 0 bridgehead atoms. The van der Waals surface area contributed by atoms with E-state index < -0.39 is 11.2 Å². The van der Waals surface area contributed by atoms with Gasteiger partial charge in [-0.25, -0.2) is 54.4 Å². The van der Waals surface area contributed by atoms with Gasteiger partial charge in [-0.2, -0.15) is 0 Å². The average molecular weight is 1680 g/mol. The summed E-state index contributed by atoms with van der Waals surface area (Å²) in [4.78, 5) is 103. The number of hydrogen-bond donors (Lipinski definition) is 3. The number of anilines is 3. The van der Waals surface area contributed by atoms with Crippen molar-refractivity contribution in [1.82, 2.24) is 84.6 Å². The summed E-state index contributed by atoms with van der Waals surface area (Å²) in [5.41, 5.74) is 13.1. The molecule has 6 aliphatic rings. The van der Waals surface area contributed by atoms with Gasteiger partial charge in [0.2, 0.25) is 0 Å². The van der Waals surface area contributed by atoms with Crippen molar-refractivity contribution in [2.75, 3.05) is 80.1 Å². The van der Waals surface area contributed by atoms with Gasteiger partial charge in [-0.05, 0) is 179 Å². The maximum Gasteiger partial charge on any atom is 0.410 e. The number of rotatable bonds is 9. The summed E-state index contributed by atoms with van der Waals surface area (Å²) in [6, 6.07) is 7.93. The quantitative estimate of drug-likeness (QED) is 0.121. The molecule has 0 aromatic carbocycles. The number of aryl methyl sites for hydroxylation is 3. The smallest absolute Gasteiger partial charge is 0.410 e. The summed E-state index contributed by atoms with van der Waals surface area (Å²) in [7, 11) is 0. The Bertz CT molecular complexity index is 5500. The van der Waals surface area contributed by atoms with E-state index in [1.807, 2.05) is 118 Å². The SMILES string of the molecule is C.Cc1[nH]c2nccc(-c3nc(N4CCCCC4)c4c(C5CC5)cncc4n3)c2c1Cl.Cc1[nH]c2nccc(-c3nc(N4CCN(C(=O)OC(C)(C)C)CC4)c4c(C5CC5)cncc4n3)c2c1Cl.Cc1cc2c(-c3nc(N4CCN(C(=O)OC(C)(C)C)CC4)c4c(C5CC5)cncc4n3)ccnc2[nH]1.[2HH].[2H][2H].[2H][2H].[2H][2H].[2H][2H].[2H][2H].[2H][2H].[2H][2H].[2H][2H].[2H][2H].[2H][2H].[2H][2H].[2H][2H].[2H][2H].[2H][2H].[2H][2H].[2H][2H].[2H][2H].[2H][2H].[2H][2H].[2H][2H].[2H][2H].[2H][2H].[2H][2H].[2H][2H].[2H][2H].[2H][2H].[2H][2H].[2H][2H].[2H][2H].[2H][2H].[2H][2H].[2H][2H].[2H][2H].[2H][2H].[2H][2H].[2H][2H].[2H][2H].[2H][2H].[2H][2H].[2H][2H].[2H][2H].[2H][2H].[2H][2H].[2H][2H].[2H][2H].[2H][2H].[2H][2H].[2H][2H].[2H][2H].[2H][2H].[2H][2H].[2H][2H].[2H][2H].[2H][2H].[2H][2H].[2H][2H].[2H][2H].[2H][2H].[2H][2H]. The Kier molecular flexibility index (Phi) is 7.84. The molecule has 0 atom stereocenters. The predicted octanol–water partition coefficient (Wildman–Crippen LogP) is 31.1. The average Bonchev–Trinajstić information content (AvgIpc) is 1.60. The van der Waals surface area contributed by atoms with E-state index in [-0.39, 0.29) is 21.0 Å². The number of piperazine rings is 2. The normalized spacial score (nSPS) is 21.2. The zero-order valence-corrected chi connectivity index (χ0v) is 61.2. The van der Waals surface area contributed by atoms with Crippen molar-refractivity contribution >= 4 is 119 Å². The van der Waals surface area contributed by atoms with E-state index in [0.717, 1.165) is 132 Å². The highest BCUT2D eigenvalue weighted by Gasteiger charge is 2.36. The largest absolute Gasteiger partial charge is 0.444 e. The van der Waals surface area contributed by atoms with Crippen molar-refractivity contribution in [3.63, 3.8) is 0 Å². The molecule has 18 rings (SSSR count). The second-order valence-electron chi connectivity index (χ2n) is 30.1. The molecule has 0 spiro atoms. The van der Waals surface area contributed by atoms with Crippen molar-refractivity contribution in [2.45, 2.75) is 156 Å². The van der Waals surface area contributed by atoms with Crippen LogP contribution in [-0.4, -0.2) is 173 Å². The molecule has 3 N–H and O–H groups in total. The van der Waals surface area contributed by atoms with E-state index in [1.54, 1.807) is 28.4 Å². The number of aromatic amines is 3. The number of pyridine rings is 6. The Morgan fingerprint density at radius 2 is 0.817 bits per heavy atom. The lowest BCUT2D eigenvalue weighted by Crippen LogP contribution is -2.50. The summed E-state index contributed by atoms with van der Waals surface area (Å²) in [6.07, 6.45) is 27.1. The van der Waals surface area contributed by atoms with Crippen LogP contribution in [0.4, 0.5) is 27.0 Å². The van der Waals surface area contributed by atoms with Crippen LogP contribution in [0, 0.1) is 20.8 Å². The number of piperidine rings is 1. The third-order valence-electron chi connectivity index (χ3n) is 20.0. The van der Waals surface area contributed by atoms with Crippen molar-refractivity contribution < 1.29 is 196 Å². The van der Waals surface area contributed by atoms with Gasteiger partial charge in [-0.3, -0.25) is 15.0 Å². The van der Waals surface area contributed by atoms with E-state index in [2.05, 4.69) is 65.6 Å². The topological polar surface area (TPSA) is 271 Å². The molecule has 3 saturated carbocycles. The van der Waals surface area contributed by atoms with E-state index in [1.165, 1.54) is 67.0 Å². The fourth-order valence-electron chi connectivity index (χ4n) is 14.5. The summed E-state index contributed by atoms with van der Waals surface area (Å²) in [5, 5.41) is 7.31. The number of H-pyrrole nitrogens is 3. The van der Waals surface area contributed by atoms with Gasteiger partial charge in [0.25, 0.3) is 0 Å². The lowest BCUT2D eigenvalue weighted by molar-refractivity contribution is 0.0230. The fourth-order valence-corrected chi connectivity index (χ4v) is 15.0. The number of carbonyl (C=O) groups excluding carboxylic acids is 2. The van der Waals surface area contributed by atoms with Gasteiger partial charge < -0.3 is 48.9 Å². The monoisotopic (exact) mass is 1680 g/mol. The maximum atomic E-state index is 12.6. The molecule has 26 heteroatoms. The van der Waals surface area contributed by atoms with Crippen LogP contribution in [0.15, 0.2) is 80.0 Å². The van der Waals surface area contributed by atoms with Gasteiger partial charge in [0.15, 0.2) is 17.5 Å². The summed E-state index contributed by atoms with van der Waals surface area (Å²) >= 11 is 13.3. The number of fused-ring (bicyclic) bond motifs is 6. The lowest BCUT2D eigenvalue weighted by Gasteiger charge is -2.36. The van der Waals surface area contributed by atoms with Crippen LogP contribution in [0.3, 0.4) is 0 Å². The second kappa shape index (κ2) is 27.9. The molecule has 658 valence electrons. The summed E-state index contributed by atoms with van der Waals surface area (Å²) < 4.78 is 601. The van der Waals surface area contributed by atoms with Gasteiger partial charge >= 0.3 is 12.2 Å². The van der Waals surface area contributed by atoms with E-state index >= 15 is 0 Å². The van der Waals surface area contributed by atoms with Crippen LogP contribution in [0.5, 0.6) is 0 Å². The molecule has 24 nitrogen and oxygen atoms in total. The molecule has 104 heavy (non-hydrogen) atoms. The Morgan fingerprint density at radius 1 is 0.462 bits per heavy atom. The Hall–Kier alpha value is -9.94. The summed E-state index contributed by atoms with van der Waals surface area (Å²) in [5.74, 6) is 6.36. The highest BCUT2D eigenvalue weighted by atomic mass is 35.5. The van der Waals surface area contributed by atoms with Crippen LogP contribution in [-0.2, 0) is 9.47 Å². The lowest BCUT2D eigenvalue weighted by atomic mass is 10.0. The Labute approximate surface area is 797 Å². The number of carbonyl (C=O) groups is 2. The molecule has 3 saturated heterocycles. The molecule has 3 aliphatic heterocycles. The third kappa shape index (κ3) is 14.1. The highest BCUT2D eigenvalue weighted by molar-refractivity contribution is 6.38. The van der Waals surface area contributed by atoms with Crippen LogP contribution >= 0.6 is 23.2 Å². The van der Waals surface area contributed by atoms with Crippen molar-refractivity contribution in [3.05, 3.63) is 124 Å². The molecular weight excluding hydrogens is 1350 g/mol. The van der Waals surface area contributed by atoms with E-state index in [9.17, 15) is 9.59 Å². The number of halogens is 2. The Morgan fingerprint density at radius 3 is 1.19 bits per heavy atom. The van der Waals surface area contributed by atoms with Crippen LogP contribution in [0.25, 0.3) is 100.0 Å². The van der Waals surface area contributed by atoms with Gasteiger partial charge in [0.05, 0.1) is 45.2 Å². The van der Waals surface area contributed by atoms with Crippen molar-refractivity contribution in [1.29, 1.82) is 0 Å². The molecule has 0 unspecified atom stereocenters. The number of amides is 2. The second-order valence-corrected chi connectivity index (χ2v) is 30.9. The summed E-state index contributed by atoms with van der Waals surface area (Å²) in [6.45, 7) is 24.2. The minimum absolute atomic E-state index is 0. The first-order chi connectivity index (χ1) is 109. The van der Waals surface area contributed by atoms with Gasteiger partial charge in [0, 0.05) is 345 Å². The number of ether oxygens (including phenoxy) is 2. The first kappa shape index (κ1) is 29.2. The van der Waals surface area contributed by atoms with E-state index in [4.69, 9.17) is 238 Å². The molecule has 12 aromatic rings. The van der Waals surface area contributed by atoms with E-state index in [0.29, 0.717) is 103 Å². The van der Waals surface area contributed by atoms with Crippen LogP contribution < -0.4 is 14.7 Å². The first-order valence-corrected chi connectivity index (χ1v) is 36.8. The molecule has 0 radical (unpaired) electrons. The van der Waals surface area contributed by atoms with Crippen molar-refractivity contribution in [3.8, 4) is 34.2 Å². The van der Waals surface area contributed by atoms with Gasteiger partial charge in [-0.1, -0.05) is 30.6 Å². The standard InChI is InChI=1S/C27H30ClN7O2.C27H31N7O2.C23H23ClN6.CH4.60H2/c1-15-22(28)21-17(7-8-30-24(21)31-15)23-32-19-14-29-13-18(16-5-6-16)20(19)25(33-23)34-9-11-35(12-10-34)26(36)37-27(2,3)4;1-16-13-19-18(7-8-29-23(19)30-16)24-31-21-15-28-14-20(17-5-6-17)22(21)25(32-24)33-9-11-34(12-10-33)26(35)36-27(2,3)4;1-13-20(24)19-15(7-8-26-22(19)27-13)21-28-17-12-25-11-16(14-5-6-14)18(17)23(29-21)30-9-3-2-4-10-30;;;;;;;;;;;;;;;;;;;;;;;;;;;;;;;;;;;;;;;;;;;;;;;;;;;;;;;;;;;;;/h7-8,13-14,16H,5-6,9-12H2,1-4H3,(H,30,31);7-8,13-15,17H,5-6,9-12H2,1-4H3,(H,29,30);7-8,11-12,14H,2-6,9-10H2,1H3,(H,26,27);1H4;60*1H/i;;;;59*1+1D;1+1. The maximum absolute atomic E-state index is 12.6. The van der Waals surface area contributed by atoms with Crippen LogP contribution in [0.2, 0.25) is 10.0 Å². The minimum Gasteiger partial charge on any atom is -0.444 e. The zero-order valence-electron chi connectivity index (χ0n) is 178. The molecule has 2 amide bonds. The molecule has 3 aliphatic carbocycles.